The van der Waals surface area contributed by atoms with Crippen LogP contribution in [0.4, 0.5) is 4.39 Å². The van der Waals surface area contributed by atoms with Gasteiger partial charge in [-0.3, -0.25) is 0 Å². The molecule has 0 radical (unpaired) electrons. The fourth-order valence-electron chi connectivity index (χ4n) is 1.89. The molecule has 0 saturated carbocycles. The molecule has 0 bridgehead atoms. The van der Waals surface area contributed by atoms with Gasteiger partial charge in [0, 0.05) is 24.3 Å². The number of hydrogen-bond donors (Lipinski definition) is 1. The zero-order valence-electron chi connectivity index (χ0n) is 9.79. The van der Waals surface area contributed by atoms with Crippen LogP contribution in [-0.4, -0.2) is 18.8 Å². The van der Waals surface area contributed by atoms with Crippen LogP contribution in [0.15, 0.2) is 18.2 Å². The van der Waals surface area contributed by atoms with Crippen LogP contribution in [0, 0.1) is 17.1 Å². The van der Waals surface area contributed by atoms with E-state index >= 15 is 0 Å². The van der Waals surface area contributed by atoms with Gasteiger partial charge in [0.1, 0.15) is 5.82 Å². The van der Waals surface area contributed by atoms with Crippen molar-refractivity contribution in [3.8, 4) is 6.07 Å². The number of rotatable bonds is 3. The number of nitrogens with zero attached hydrogens (tertiary/aromatic N) is 1. The Morgan fingerprint density at radius 3 is 3.06 bits per heavy atom. The smallest absolute Gasteiger partial charge is 0.127 e. The van der Waals surface area contributed by atoms with E-state index in [0.717, 1.165) is 13.0 Å². The van der Waals surface area contributed by atoms with Gasteiger partial charge in [-0.2, -0.15) is 5.26 Å². The van der Waals surface area contributed by atoms with E-state index < -0.39 is 0 Å². The Bertz CT molecular complexity index is 447. The number of hydrogen-bond acceptors (Lipinski definition) is 3. The zero-order chi connectivity index (χ0) is 12.3. The van der Waals surface area contributed by atoms with Crippen molar-refractivity contribution in [1.82, 2.24) is 5.32 Å². The molecule has 1 aromatic rings. The largest absolute Gasteiger partial charge is 0.379 e. The molecule has 1 aliphatic heterocycles. The molecular weight excluding hydrogens is 219 g/mol. The van der Waals surface area contributed by atoms with E-state index in [1.165, 1.54) is 12.1 Å². The first-order valence-corrected chi connectivity index (χ1v) is 5.64. The molecule has 3 nitrogen and oxygen atoms in total. The first-order valence-electron chi connectivity index (χ1n) is 5.64. The molecule has 1 atom stereocenters. The lowest BCUT2D eigenvalue weighted by Gasteiger charge is -2.23. The summed E-state index contributed by atoms with van der Waals surface area (Å²) < 4.78 is 18.8. The fourth-order valence-corrected chi connectivity index (χ4v) is 1.89. The van der Waals surface area contributed by atoms with Gasteiger partial charge in [-0.05, 0) is 31.5 Å². The van der Waals surface area contributed by atoms with Gasteiger partial charge in [0.15, 0.2) is 0 Å². The summed E-state index contributed by atoms with van der Waals surface area (Å²) in [4.78, 5) is 0. The average molecular weight is 234 g/mol. The standard InChI is InChI=1S/C13H15FN2O/c1-13(4-5-17-9-13)16-8-11-6-10(7-15)2-3-12(11)14/h2-3,6,16H,4-5,8-9H2,1H3. The molecule has 17 heavy (non-hydrogen) atoms. The van der Waals surface area contributed by atoms with Crippen LogP contribution in [0.25, 0.3) is 0 Å². The van der Waals surface area contributed by atoms with Crippen molar-refractivity contribution in [3.05, 3.63) is 35.1 Å². The maximum absolute atomic E-state index is 13.5. The highest BCUT2D eigenvalue weighted by Crippen LogP contribution is 2.19. The highest BCUT2D eigenvalue weighted by Gasteiger charge is 2.28. The van der Waals surface area contributed by atoms with Gasteiger partial charge in [-0.1, -0.05) is 0 Å². The Morgan fingerprint density at radius 2 is 2.41 bits per heavy atom. The monoisotopic (exact) mass is 234 g/mol. The van der Waals surface area contributed by atoms with Crippen molar-refractivity contribution >= 4 is 0 Å². The summed E-state index contributed by atoms with van der Waals surface area (Å²) >= 11 is 0. The highest BCUT2D eigenvalue weighted by atomic mass is 19.1. The summed E-state index contributed by atoms with van der Waals surface area (Å²) in [6.45, 7) is 3.87. The van der Waals surface area contributed by atoms with Gasteiger partial charge in [0.25, 0.3) is 0 Å². The molecule has 90 valence electrons. The van der Waals surface area contributed by atoms with E-state index in [0.29, 0.717) is 24.3 Å². The van der Waals surface area contributed by atoms with E-state index in [-0.39, 0.29) is 11.4 Å². The van der Waals surface area contributed by atoms with Crippen LogP contribution in [0.5, 0.6) is 0 Å². The van der Waals surface area contributed by atoms with Gasteiger partial charge in [-0.15, -0.1) is 0 Å². The summed E-state index contributed by atoms with van der Waals surface area (Å²) in [6, 6.07) is 6.42. The quantitative estimate of drug-likeness (QED) is 0.869. The zero-order valence-corrected chi connectivity index (χ0v) is 9.79. The van der Waals surface area contributed by atoms with Gasteiger partial charge >= 0.3 is 0 Å². The molecule has 4 heteroatoms. The molecule has 0 aromatic heterocycles. The molecule has 0 aliphatic carbocycles. The first kappa shape index (κ1) is 12.0. The van der Waals surface area contributed by atoms with Crippen LogP contribution in [-0.2, 0) is 11.3 Å². The third-order valence-corrected chi connectivity index (χ3v) is 3.10. The van der Waals surface area contributed by atoms with Crippen molar-refractivity contribution in [2.75, 3.05) is 13.2 Å². The van der Waals surface area contributed by atoms with Crippen LogP contribution in [0.3, 0.4) is 0 Å². The second kappa shape index (κ2) is 4.82. The molecule has 1 saturated heterocycles. The molecule has 0 amide bonds. The predicted molar refractivity (Wildman–Crippen MR) is 61.8 cm³/mol. The van der Waals surface area contributed by atoms with Crippen molar-refractivity contribution in [3.63, 3.8) is 0 Å². The molecule has 1 unspecified atom stereocenters. The van der Waals surface area contributed by atoms with Crippen molar-refractivity contribution in [2.24, 2.45) is 0 Å². The lowest BCUT2D eigenvalue weighted by molar-refractivity contribution is 0.171. The summed E-state index contributed by atoms with van der Waals surface area (Å²) in [5.74, 6) is -0.279. The maximum atomic E-state index is 13.5. The van der Waals surface area contributed by atoms with Gasteiger partial charge < -0.3 is 10.1 Å². The summed E-state index contributed by atoms with van der Waals surface area (Å²) in [6.07, 6.45) is 0.923. The Morgan fingerprint density at radius 1 is 1.59 bits per heavy atom. The van der Waals surface area contributed by atoms with Crippen LogP contribution >= 0.6 is 0 Å². The predicted octanol–water partition coefficient (Wildman–Crippen LogP) is 1.97. The Kier molecular flexibility index (Phi) is 3.41. The Balaban J connectivity index is 2.06. The molecule has 1 aromatic carbocycles. The molecule has 2 rings (SSSR count). The van der Waals surface area contributed by atoms with Crippen molar-refractivity contribution in [2.45, 2.75) is 25.4 Å². The van der Waals surface area contributed by atoms with Gasteiger partial charge in [0.2, 0.25) is 0 Å². The van der Waals surface area contributed by atoms with E-state index in [1.807, 2.05) is 6.07 Å². The minimum Gasteiger partial charge on any atom is -0.379 e. The molecule has 1 aliphatic rings. The summed E-state index contributed by atoms with van der Waals surface area (Å²) in [7, 11) is 0. The minimum absolute atomic E-state index is 0.0882. The van der Waals surface area contributed by atoms with Crippen molar-refractivity contribution < 1.29 is 9.13 Å². The lowest BCUT2D eigenvalue weighted by atomic mass is 10.0. The van der Waals surface area contributed by atoms with E-state index in [1.54, 1.807) is 6.07 Å². The summed E-state index contributed by atoms with van der Waals surface area (Å²) in [5.41, 5.74) is 0.919. The molecule has 0 spiro atoms. The second-order valence-electron chi connectivity index (χ2n) is 4.63. The molecule has 1 N–H and O–H groups in total. The number of benzene rings is 1. The summed E-state index contributed by atoms with van der Waals surface area (Å²) in [5, 5.41) is 12.1. The number of nitrogens with one attached hydrogen (secondary N) is 1. The van der Waals surface area contributed by atoms with Crippen LogP contribution in [0.2, 0.25) is 0 Å². The average Bonchev–Trinajstić information content (AvgIpc) is 2.76. The Labute approximate surface area is 100 Å². The van der Waals surface area contributed by atoms with E-state index in [2.05, 4.69) is 12.2 Å². The number of ether oxygens (including phenoxy) is 1. The minimum atomic E-state index is -0.279. The second-order valence-corrected chi connectivity index (χ2v) is 4.63. The van der Waals surface area contributed by atoms with E-state index in [4.69, 9.17) is 10.00 Å². The van der Waals surface area contributed by atoms with Crippen LogP contribution < -0.4 is 5.32 Å². The van der Waals surface area contributed by atoms with Crippen LogP contribution in [0.1, 0.15) is 24.5 Å². The SMILES string of the molecule is CC1(NCc2cc(C#N)ccc2F)CCOC1. The van der Waals surface area contributed by atoms with Gasteiger partial charge in [0.05, 0.1) is 18.2 Å². The van der Waals surface area contributed by atoms with Gasteiger partial charge in [-0.25, -0.2) is 4.39 Å². The maximum Gasteiger partial charge on any atom is 0.127 e. The Hall–Kier alpha value is -1.44. The molecular formula is C13H15FN2O. The first-order chi connectivity index (χ1) is 8.13. The fraction of sp³-hybridized carbons (Fsp3) is 0.462. The topological polar surface area (TPSA) is 45.0 Å². The normalized spacial score (nSPS) is 23.6. The van der Waals surface area contributed by atoms with E-state index in [9.17, 15) is 4.39 Å². The van der Waals surface area contributed by atoms with Crippen molar-refractivity contribution in [1.29, 1.82) is 5.26 Å². The lowest BCUT2D eigenvalue weighted by Crippen LogP contribution is -2.42. The highest BCUT2D eigenvalue weighted by molar-refractivity contribution is 5.33. The third kappa shape index (κ3) is 2.82. The third-order valence-electron chi connectivity index (χ3n) is 3.10. The number of halogens is 1. The molecule has 1 heterocycles. The number of nitriles is 1. The molecule has 1 fully saturated rings.